The van der Waals surface area contributed by atoms with Crippen molar-refractivity contribution in [2.24, 2.45) is 5.92 Å². The van der Waals surface area contributed by atoms with Gasteiger partial charge in [-0.05, 0) is 85.7 Å². The minimum absolute atomic E-state index is 0.00267. The number of rotatable bonds is 5. The lowest BCUT2D eigenvalue weighted by atomic mass is 9.94. The summed E-state index contributed by atoms with van der Waals surface area (Å²) in [6.07, 6.45) is 1.05. The van der Waals surface area contributed by atoms with Gasteiger partial charge in [-0.2, -0.15) is 4.31 Å². The Labute approximate surface area is 196 Å². The summed E-state index contributed by atoms with van der Waals surface area (Å²) in [4.78, 5) is 13.2. The van der Waals surface area contributed by atoms with Gasteiger partial charge in [0.1, 0.15) is 0 Å². The van der Waals surface area contributed by atoms with E-state index in [1.807, 2.05) is 37.3 Å². The highest BCUT2D eigenvalue weighted by molar-refractivity contribution is 7.89. The van der Waals surface area contributed by atoms with Crippen molar-refractivity contribution in [2.75, 3.05) is 13.1 Å². The van der Waals surface area contributed by atoms with Gasteiger partial charge in [0.25, 0.3) is 0 Å². The largest absolute Gasteiger partial charge is 0.349 e. The molecule has 3 aromatic carbocycles. The minimum atomic E-state index is -3.58. The molecule has 1 aliphatic heterocycles. The number of benzene rings is 3. The number of nitrogens with one attached hydrogen (secondary N) is 1. The van der Waals surface area contributed by atoms with Gasteiger partial charge in [0.05, 0.1) is 10.9 Å². The van der Waals surface area contributed by atoms with E-state index in [2.05, 4.69) is 38.2 Å². The zero-order chi connectivity index (χ0) is 23.8. The average molecular weight is 465 g/mol. The lowest BCUT2D eigenvalue weighted by molar-refractivity contribution is -0.126. The number of piperidine rings is 1. The second-order valence-corrected chi connectivity index (χ2v) is 11.1. The van der Waals surface area contributed by atoms with E-state index in [0.717, 1.165) is 16.3 Å². The van der Waals surface area contributed by atoms with E-state index in [-0.39, 0.29) is 17.9 Å². The summed E-state index contributed by atoms with van der Waals surface area (Å²) in [5, 5.41) is 5.07. The molecule has 1 amide bonds. The number of sulfonamides is 1. The Morgan fingerprint density at radius 3 is 2.24 bits per heavy atom. The van der Waals surface area contributed by atoms with Crippen molar-refractivity contribution in [3.63, 3.8) is 0 Å². The zero-order valence-corrected chi connectivity index (χ0v) is 20.6. The van der Waals surface area contributed by atoms with Gasteiger partial charge in [0.2, 0.25) is 15.9 Å². The number of nitrogens with zero attached hydrogens (tertiary/aromatic N) is 1. The molecule has 0 aliphatic carbocycles. The smallest absolute Gasteiger partial charge is 0.243 e. The van der Waals surface area contributed by atoms with Gasteiger partial charge >= 0.3 is 0 Å². The van der Waals surface area contributed by atoms with Crippen LogP contribution in [-0.4, -0.2) is 31.7 Å². The molecule has 0 saturated carbocycles. The molecule has 3 aromatic rings. The third kappa shape index (κ3) is 4.82. The third-order valence-corrected chi connectivity index (χ3v) is 8.79. The molecule has 1 aliphatic rings. The predicted molar refractivity (Wildman–Crippen MR) is 133 cm³/mol. The van der Waals surface area contributed by atoms with E-state index < -0.39 is 10.0 Å². The molecule has 1 fully saturated rings. The highest BCUT2D eigenvalue weighted by atomic mass is 32.2. The molecule has 1 atom stereocenters. The normalized spacial score (nSPS) is 16.6. The molecular formula is C27H32N2O3S. The Hall–Kier alpha value is -2.70. The Morgan fingerprint density at radius 1 is 0.909 bits per heavy atom. The summed E-state index contributed by atoms with van der Waals surface area (Å²) in [6.45, 7) is 8.96. The molecular weight excluding hydrogens is 432 g/mol. The fraction of sp³-hybridized carbons (Fsp3) is 0.370. The fourth-order valence-corrected chi connectivity index (χ4v) is 6.20. The molecule has 1 heterocycles. The average Bonchev–Trinajstić information content (AvgIpc) is 2.81. The number of aryl methyl sites for hydroxylation is 3. The summed E-state index contributed by atoms with van der Waals surface area (Å²) in [7, 11) is -3.58. The van der Waals surface area contributed by atoms with Crippen LogP contribution in [0.4, 0.5) is 0 Å². The van der Waals surface area contributed by atoms with Crippen LogP contribution in [0.15, 0.2) is 59.5 Å². The van der Waals surface area contributed by atoms with Crippen LogP contribution in [0, 0.1) is 26.7 Å². The van der Waals surface area contributed by atoms with Crippen molar-refractivity contribution in [1.29, 1.82) is 0 Å². The Morgan fingerprint density at radius 2 is 1.55 bits per heavy atom. The first kappa shape index (κ1) is 23.5. The topological polar surface area (TPSA) is 66.5 Å². The molecule has 0 radical (unpaired) electrons. The lowest BCUT2D eigenvalue weighted by Gasteiger charge is -2.31. The van der Waals surface area contributed by atoms with Crippen molar-refractivity contribution in [3.05, 3.63) is 76.9 Å². The van der Waals surface area contributed by atoms with E-state index in [1.165, 1.54) is 21.0 Å². The zero-order valence-electron chi connectivity index (χ0n) is 19.8. The third-order valence-electron chi connectivity index (χ3n) is 6.89. The van der Waals surface area contributed by atoms with Gasteiger partial charge in [-0.15, -0.1) is 0 Å². The van der Waals surface area contributed by atoms with Gasteiger partial charge in [0, 0.05) is 19.0 Å². The maximum atomic E-state index is 13.2. The first-order valence-corrected chi connectivity index (χ1v) is 13.0. The van der Waals surface area contributed by atoms with Crippen molar-refractivity contribution >= 4 is 26.7 Å². The van der Waals surface area contributed by atoms with E-state index in [9.17, 15) is 13.2 Å². The molecule has 0 bridgehead atoms. The van der Waals surface area contributed by atoms with Crippen LogP contribution in [0.2, 0.25) is 0 Å². The molecule has 0 unspecified atom stereocenters. The lowest BCUT2D eigenvalue weighted by Crippen LogP contribution is -2.43. The maximum Gasteiger partial charge on any atom is 0.243 e. The van der Waals surface area contributed by atoms with E-state index in [4.69, 9.17) is 0 Å². The van der Waals surface area contributed by atoms with Crippen LogP contribution < -0.4 is 5.32 Å². The molecule has 1 N–H and O–H groups in total. The Bertz CT molecular complexity index is 1290. The first-order valence-electron chi connectivity index (χ1n) is 11.5. The molecule has 0 spiro atoms. The molecule has 5 nitrogen and oxygen atoms in total. The SMILES string of the molecule is Cc1cc(C)c([C@H](C)NC(=O)C2CCN(S(=O)(=O)c3ccc4ccccc4c3)CC2)cc1C. The molecule has 33 heavy (non-hydrogen) atoms. The standard InChI is InChI=1S/C27H32N2O3S/c1-18-15-20(3)26(16-19(18)2)21(4)28-27(30)23-11-13-29(14-12-23)33(31,32)25-10-9-22-7-5-6-8-24(22)17-25/h5-10,15-17,21,23H,11-14H2,1-4H3,(H,28,30)/t21-/m0/s1. The van der Waals surface area contributed by atoms with Gasteiger partial charge in [0.15, 0.2) is 0 Å². The number of carbonyl (C=O) groups is 1. The Balaban J connectivity index is 1.40. The number of amides is 1. The van der Waals surface area contributed by atoms with Crippen LogP contribution in [0.5, 0.6) is 0 Å². The predicted octanol–water partition coefficient (Wildman–Crippen LogP) is 5.04. The van der Waals surface area contributed by atoms with Crippen LogP contribution in [0.1, 0.15) is 48.1 Å². The molecule has 6 heteroatoms. The highest BCUT2D eigenvalue weighted by Crippen LogP contribution is 2.27. The summed E-state index contributed by atoms with van der Waals surface area (Å²) < 4.78 is 27.9. The van der Waals surface area contributed by atoms with Gasteiger partial charge in [-0.25, -0.2) is 8.42 Å². The second-order valence-electron chi connectivity index (χ2n) is 9.21. The summed E-state index contributed by atoms with van der Waals surface area (Å²) >= 11 is 0. The summed E-state index contributed by atoms with van der Waals surface area (Å²) in [6, 6.07) is 17.2. The minimum Gasteiger partial charge on any atom is -0.349 e. The van der Waals surface area contributed by atoms with Crippen molar-refractivity contribution < 1.29 is 13.2 Å². The highest BCUT2D eigenvalue weighted by Gasteiger charge is 2.32. The quantitative estimate of drug-likeness (QED) is 0.575. The summed E-state index contributed by atoms with van der Waals surface area (Å²) in [5.41, 5.74) is 4.75. The maximum absolute atomic E-state index is 13.2. The van der Waals surface area contributed by atoms with Crippen LogP contribution in [-0.2, 0) is 14.8 Å². The summed E-state index contributed by atoms with van der Waals surface area (Å²) in [5.74, 6) is -0.176. The second kappa shape index (κ2) is 9.27. The van der Waals surface area contributed by atoms with Crippen LogP contribution >= 0.6 is 0 Å². The molecule has 1 saturated heterocycles. The molecule has 0 aromatic heterocycles. The van der Waals surface area contributed by atoms with Crippen LogP contribution in [0.3, 0.4) is 0 Å². The number of carbonyl (C=O) groups excluding carboxylic acids is 1. The van der Waals surface area contributed by atoms with Crippen molar-refractivity contribution in [1.82, 2.24) is 9.62 Å². The Kier molecular flexibility index (Phi) is 6.59. The number of hydrogen-bond donors (Lipinski definition) is 1. The molecule has 174 valence electrons. The van der Waals surface area contributed by atoms with Gasteiger partial charge in [-0.1, -0.05) is 42.5 Å². The fourth-order valence-electron chi connectivity index (χ4n) is 4.69. The first-order chi connectivity index (χ1) is 15.7. The van der Waals surface area contributed by atoms with Gasteiger partial charge in [-0.3, -0.25) is 4.79 Å². The molecule has 4 rings (SSSR count). The van der Waals surface area contributed by atoms with Gasteiger partial charge < -0.3 is 5.32 Å². The number of fused-ring (bicyclic) bond motifs is 1. The van der Waals surface area contributed by atoms with E-state index in [1.54, 1.807) is 12.1 Å². The van der Waals surface area contributed by atoms with Crippen LogP contribution in [0.25, 0.3) is 10.8 Å². The van der Waals surface area contributed by atoms with E-state index in [0.29, 0.717) is 30.8 Å². The van der Waals surface area contributed by atoms with Crippen molar-refractivity contribution in [2.45, 2.75) is 51.5 Å². The van der Waals surface area contributed by atoms with Crippen molar-refractivity contribution in [3.8, 4) is 0 Å². The monoisotopic (exact) mass is 464 g/mol. The van der Waals surface area contributed by atoms with E-state index >= 15 is 0 Å². The number of hydrogen-bond acceptors (Lipinski definition) is 3.